The third kappa shape index (κ3) is 4.97. The first-order valence-electron chi connectivity index (χ1n) is 10.9. The van der Waals surface area contributed by atoms with Gasteiger partial charge in [0, 0.05) is 23.6 Å². The number of likely N-dealkylation sites (tertiary alicyclic amines) is 1. The highest BCUT2D eigenvalue weighted by Crippen LogP contribution is 2.39. The summed E-state index contributed by atoms with van der Waals surface area (Å²) >= 11 is 6.21. The molecule has 1 saturated heterocycles. The zero-order valence-electron chi connectivity index (χ0n) is 18.7. The van der Waals surface area contributed by atoms with Crippen molar-refractivity contribution in [3.63, 3.8) is 0 Å². The molecule has 1 aliphatic heterocycles. The first kappa shape index (κ1) is 23.8. The van der Waals surface area contributed by atoms with Crippen LogP contribution in [0.1, 0.15) is 37.4 Å². The van der Waals surface area contributed by atoms with Crippen LogP contribution < -0.4 is 14.7 Å². The molecule has 2 aromatic carbocycles. The third-order valence-corrected chi connectivity index (χ3v) is 6.19. The molecule has 0 aliphatic carbocycles. The zero-order chi connectivity index (χ0) is 23.3. The van der Waals surface area contributed by atoms with E-state index in [0.717, 1.165) is 26.1 Å². The second-order valence-electron chi connectivity index (χ2n) is 7.82. The molecule has 0 radical (unpaired) electrons. The lowest BCUT2D eigenvalue weighted by Gasteiger charge is -2.28. The first-order chi connectivity index (χ1) is 15.4. The number of carbonyl (C=O) groups is 2. The van der Waals surface area contributed by atoms with Gasteiger partial charge in [-0.3, -0.25) is 9.59 Å². The molecule has 1 amide bonds. The van der Waals surface area contributed by atoms with Crippen molar-refractivity contribution < 1.29 is 24.3 Å². The highest BCUT2D eigenvalue weighted by molar-refractivity contribution is 6.46. The van der Waals surface area contributed by atoms with Crippen LogP contribution in [-0.4, -0.2) is 49.9 Å². The maximum atomic E-state index is 13.4. The van der Waals surface area contributed by atoms with Gasteiger partial charge in [-0.2, -0.15) is 0 Å². The van der Waals surface area contributed by atoms with E-state index in [4.69, 9.17) is 16.3 Å². The van der Waals surface area contributed by atoms with Gasteiger partial charge in [0.1, 0.15) is 5.75 Å². The van der Waals surface area contributed by atoms with Gasteiger partial charge in [-0.25, -0.2) is 0 Å². The third-order valence-electron chi connectivity index (χ3n) is 5.96. The fraction of sp³-hybridized carbons (Fsp3) is 0.360. The van der Waals surface area contributed by atoms with Crippen molar-refractivity contribution in [3.05, 3.63) is 70.3 Å². The van der Waals surface area contributed by atoms with Crippen LogP contribution in [0.2, 0.25) is 5.02 Å². The average molecular weight is 457 g/mol. The Morgan fingerprint density at radius 2 is 1.84 bits per heavy atom. The zero-order valence-corrected chi connectivity index (χ0v) is 19.4. The summed E-state index contributed by atoms with van der Waals surface area (Å²) in [7, 11) is 1.51. The molecule has 3 rings (SSSR count). The summed E-state index contributed by atoms with van der Waals surface area (Å²) in [6, 6.07) is 12.8. The SMILES string of the molecule is CC[NH+](CC)CCCN1C(=O)C(=O)C(=C([O-])c2cccc(OC)c2)C1c1cccc(Cl)c1. The number of amides is 1. The van der Waals surface area contributed by atoms with Crippen LogP contribution in [0.5, 0.6) is 5.75 Å². The molecule has 1 aliphatic rings. The number of quaternary nitrogens is 1. The number of ether oxygens (including phenoxy) is 1. The van der Waals surface area contributed by atoms with E-state index in [1.807, 2.05) is 0 Å². The summed E-state index contributed by atoms with van der Waals surface area (Å²) in [5.74, 6) is -1.36. The van der Waals surface area contributed by atoms with Gasteiger partial charge in [0.25, 0.3) is 5.91 Å². The van der Waals surface area contributed by atoms with Gasteiger partial charge in [-0.15, -0.1) is 0 Å². The van der Waals surface area contributed by atoms with Gasteiger partial charge < -0.3 is 19.6 Å². The largest absolute Gasteiger partial charge is 0.872 e. The molecule has 170 valence electrons. The summed E-state index contributed by atoms with van der Waals surface area (Å²) in [6.45, 7) is 7.50. The lowest BCUT2D eigenvalue weighted by Crippen LogP contribution is -3.11. The highest BCUT2D eigenvalue weighted by Gasteiger charge is 2.44. The standard InChI is InChI=1S/C25H29ClN2O4/c1-4-27(5-2)13-8-14-28-22(17-9-6-11-19(26)15-17)21(24(30)25(28)31)23(29)18-10-7-12-20(16-18)32-3/h6-7,9-12,15-16,22,29H,4-5,8,13-14H2,1-3H3. The second kappa shape index (κ2) is 10.7. The van der Waals surface area contributed by atoms with Crippen molar-refractivity contribution >= 4 is 29.1 Å². The van der Waals surface area contributed by atoms with E-state index >= 15 is 0 Å². The number of rotatable bonds is 9. The van der Waals surface area contributed by atoms with Crippen molar-refractivity contribution in [1.29, 1.82) is 0 Å². The molecule has 1 heterocycles. The number of halogens is 1. The number of nitrogens with one attached hydrogen (secondary N) is 1. The highest BCUT2D eigenvalue weighted by atomic mass is 35.5. The van der Waals surface area contributed by atoms with E-state index in [-0.39, 0.29) is 5.57 Å². The smallest absolute Gasteiger partial charge is 0.295 e. The maximum Gasteiger partial charge on any atom is 0.295 e. The van der Waals surface area contributed by atoms with Crippen molar-refractivity contribution in [2.45, 2.75) is 26.3 Å². The summed E-state index contributed by atoms with van der Waals surface area (Å²) in [5.41, 5.74) is 0.917. The van der Waals surface area contributed by atoms with Gasteiger partial charge in [0.05, 0.1) is 32.8 Å². The molecule has 0 spiro atoms. The summed E-state index contributed by atoms with van der Waals surface area (Å²) in [5, 5.41) is 13.9. The number of hydrogen-bond acceptors (Lipinski definition) is 4. The Morgan fingerprint density at radius 3 is 2.50 bits per heavy atom. The molecule has 1 atom stereocenters. The molecule has 1 N–H and O–H groups in total. The number of nitrogens with zero attached hydrogens (tertiary/aromatic N) is 1. The minimum atomic E-state index is -0.765. The topological polar surface area (TPSA) is 74.1 Å². The normalized spacial score (nSPS) is 17.9. The van der Waals surface area contributed by atoms with Crippen LogP contribution >= 0.6 is 11.6 Å². The molecule has 0 aromatic heterocycles. The van der Waals surface area contributed by atoms with Crippen LogP contribution in [0.4, 0.5) is 0 Å². The maximum absolute atomic E-state index is 13.4. The Labute approximate surface area is 194 Å². The monoisotopic (exact) mass is 456 g/mol. The van der Waals surface area contributed by atoms with Gasteiger partial charge in [0.2, 0.25) is 5.78 Å². The number of benzene rings is 2. The molecule has 7 heteroatoms. The predicted molar refractivity (Wildman–Crippen MR) is 122 cm³/mol. The summed E-state index contributed by atoms with van der Waals surface area (Å²) < 4.78 is 5.22. The van der Waals surface area contributed by atoms with E-state index < -0.39 is 23.5 Å². The molecule has 1 unspecified atom stereocenters. The van der Waals surface area contributed by atoms with Gasteiger partial charge in [0.15, 0.2) is 0 Å². The predicted octanol–water partition coefficient (Wildman–Crippen LogP) is 1.89. The molecule has 6 nitrogen and oxygen atoms in total. The van der Waals surface area contributed by atoms with Crippen LogP contribution in [0.3, 0.4) is 0 Å². The van der Waals surface area contributed by atoms with Crippen molar-refractivity contribution in [2.75, 3.05) is 33.3 Å². The minimum Gasteiger partial charge on any atom is -0.872 e. The summed E-state index contributed by atoms with van der Waals surface area (Å²) in [4.78, 5) is 29.0. The number of methoxy groups -OCH3 is 1. The number of Topliss-reactive ketones (excluding diaryl/α,β-unsaturated/α-hetero) is 1. The lowest BCUT2D eigenvalue weighted by atomic mass is 9.95. The van der Waals surface area contributed by atoms with Gasteiger partial charge in [-0.05, 0) is 49.2 Å². The van der Waals surface area contributed by atoms with E-state index in [0.29, 0.717) is 28.4 Å². The number of carbonyl (C=O) groups excluding carboxylic acids is 2. The summed E-state index contributed by atoms with van der Waals surface area (Å²) in [6.07, 6.45) is 0.730. The van der Waals surface area contributed by atoms with E-state index in [9.17, 15) is 14.7 Å². The molecular formula is C25H29ClN2O4. The fourth-order valence-corrected chi connectivity index (χ4v) is 4.35. The Balaban J connectivity index is 2.04. The molecule has 2 aromatic rings. The van der Waals surface area contributed by atoms with Crippen LogP contribution in [-0.2, 0) is 9.59 Å². The fourth-order valence-electron chi connectivity index (χ4n) is 4.15. The van der Waals surface area contributed by atoms with E-state index in [1.165, 1.54) is 16.9 Å². The number of hydrogen-bond donors (Lipinski definition) is 1. The van der Waals surface area contributed by atoms with E-state index in [2.05, 4.69) is 13.8 Å². The van der Waals surface area contributed by atoms with Gasteiger partial charge in [-0.1, -0.05) is 41.6 Å². The Morgan fingerprint density at radius 1 is 1.12 bits per heavy atom. The Kier molecular flexibility index (Phi) is 7.94. The molecule has 1 fully saturated rings. The van der Waals surface area contributed by atoms with Crippen LogP contribution in [0.25, 0.3) is 5.76 Å². The Hall–Kier alpha value is -2.83. The molecule has 0 bridgehead atoms. The quantitative estimate of drug-likeness (QED) is 0.355. The second-order valence-corrected chi connectivity index (χ2v) is 8.26. The molecular weight excluding hydrogens is 428 g/mol. The first-order valence-corrected chi connectivity index (χ1v) is 11.3. The van der Waals surface area contributed by atoms with Crippen molar-refractivity contribution in [2.24, 2.45) is 0 Å². The van der Waals surface area contributed by atoms with Crippen molar-refractivity contribution in [1.82, 2.24) is 4.90 Å². The number of ketones is 1. The molecule has 0 saturated carbocycles. The lowest BCUT2D eigenvalue weighted by molar-refractivity contribution is -0.896. The Bertz CT molecular complexity index is 1020. The van der Waals surface area contributed by atoms with E-state index in [1.54, 1.807) is 48.5 Å². The van der Waals surface area contributed by atoms with Crippen LogP contribution in [0.15, 0.2) is 54.1 Å². The average Bonchev–Trinajstić information content (AvgIpc) is 3.06. The minimum absolute atomic E-state index is 0.0410. The van der Waals surface area contributed by atoms with Crippen LogP contribution in [0, 0.1) is 0 Å². The molecule has 32 heavy (non-hydrogen) atoms. The van der Waals surface area contributed by atoms with Crippen molar-refractivity contribution in [3.8, 4) is 5.75 Å². The van der Waals surface area contributed by atoms with Gasteiger partial charge >= 0.3 is 0 Å².